The molecular formula is C11H15NOS. The number of anilines is 1. The van der Waals surface area contributed by atoms with Crippen molar-refractivity contribution in [1.82, 2.24) is 0 Å². The zero-order valence-electron chi connectivity index (χ0n) is 8.07. The van der Waals surface area contributed by atoms with Crippen LogP contribution in [0.2, 0.25) is 0 Å². The zero-order valence-corrected chi connectivity index (χ0v) is 8.89. The van der Waals surface area contributed by atoms with Crippen molar-refractivity contribution in [3.8, 4) is 0 Å². The van der Waals surface area contributed by atoms with E-state index in [2.05, 4.69) is 5.32 Å². The van der Waals surface area contributed by atoms with E-state index >= 15 is 0 Å². The minimum atomic E-state index is 0.114. The third-order valence-corrected chi connectivity index (χ3v) is 3.64. The molecule has 0 aromatic heterocycles. The normalized spacial score (nSPS) is 21.1. The lowest BCUT2D eigenvalue weighted by atomic mass is 10.1. The summed E-state index contributed by atoms with van der Waals surface area (Å²) in [5.41, 5.74) is 2.08. The lowest BCUT2D eigenvalue weighted by Crippen LogP contribution is -2.18. The molecule has 1 aliphatic rings. The second kappa shape index (κ2) is 4.71. The minimum absolute atomic E-state index is 0.114. The van der Waals surface area contributed by atoms with Gasteiger partial charge in [-0.05, 0) is 18.2 Å². The van der Waals surface area contributed by atoms with E-state index in [1.54, 1.807) is 0 Å². The average Bonchev–Trinajstić information content (AvgIpc) is 2.71. The van der Waals surface area contributed by atoms with Crippen molar-refractivity contribution in [2.24, 2.45) is 0 Å². The molecule has 1 fully saturated rings. The maximum Gasteiger partial charge on any atom is 0.0701 e. The Labute approximate surface area is 88.7 Å². The molecule has 0 aliphatic carbocycles. The van der Waals surface area contributed by atoms with Crippen molar-refractivity contribution in [3.05, 3.63) is 29.8 Å². The number of benzene rings is 1. The number of hydrogen-bond donors (Lipinski definition) is 2. The molecule has 0 bridgehead atoms. The Balaban J connectivity index is 2.07. The second-order valence-electron chi connectivity index (χ2n) is 3.52. The van der Waals surface area contributed by atoms with E-state index in [-0.39, 0.29) is 6.61 Å². The number of nitrogens with one attached hydrogen (secondary N) is 1. The number of para-hydroxylation sites is 1. The second-order valence-corrected chi connectivity index (χ2v) is 4.67. The molecule has 2 N–H and O–H groups in total. The number of aliphatic hydroxyl groups is 1. The van der Waals surface area contributed by atoms with Crippen LogP contribution in [0.1, 0.15) is 12.0 Å². The van der Waals surface area contributed by atoms with Gasteiger partial charge in [-0.1, -0.05) is 18.2 Å². The highest BCUT2D eigenvalue weighted by molar-refractivity contribution is 7.99. The van der Waals surface area contributed by atoms with Crippen LogP contribution in [0.5, 0.6) is 0 Å². The van der Waals surface area contributed by atoms with E-state index in [4.69, 9.17) is 5.11 Å². The summed E-state index contributed by atoms with van der Waals surface area (Å²) in [7, 11) is 0. The first kappa shape index (κ1) is 9.87. The van der Waals surface area contributed by atoms with Gasteiger partial charge in [0.15, 0.2) is 0 Å². The van der Waals surface area contributed by atoms with Crippen LogP contribution >= 0.6 is 11.8 Å². The Morgan fingerprint density at radius 3 is 3.00 bits per heavy atom. The third-order valence-electron chi connectivity index (χ3n) is 2.48. The minimum Gasteiger partial charge on any atom is -0.392 e. The molecule has 1 aromatic rings. The van der Waals surface area contributed by atoms with Gasteiger partial charge in [-0.25, -0.2) is 0 Å². The fourth-order valence-corrected chi connectivity index (χ4v) is 2.82. The maximum atomic E-state index is 9.15. The molecule has 3 heteroatoms. The van der Waals surface area contributed by atoms with Gasteiger partial charge >= 0.3 is 0 Å². The fraction of sp³-hybridized carbons (Fsp3) is 0.455. The Kier molecular flexibility index (Phi) is 3.32. The molecule has 1 aromatic carbocycles. The first-order valence-corrected chi connectivity index (χ1v) is 6.08. The molecule has 76 valence electrons. The lowest BCUT2D eigenvalue weighted by molar-refractivity contribution is 0.282. The molecule has 2 nitrogen and oxygen atoms in total. The van der Waals surface area contributed by atoms with Crippen molar-refractivity contribution in [2.45, 2.75) is 19.1 Å². The predicted octanol–water partition coefficient (Wildman–Crippen LogP) is 2.10. The van der Waals surface area contributed by atoms with Crippen molar-refractivity contribution in [3.63, 3.8) is 0 Å². The van der Waals surface area contributed by atoms with Gasteiger partial charge in [0.05, 0.1) is 6.61 Å². The molecule has 14 heavy (non-hydrogen) atoms. The van der Waals surface area contributed by atoms with Gasteiger partial charge in [0, 0.05) is 23.0 Å². The predicted molar refractivity (Wildman–Crippen MR) is 61.7 cm³/mol. The van der Waals surface area contributed by atoms with Gasteiger partial charge in [0.2, 0.25) is 0 Å². The van der Waals surface area contributed by atoms with Crippen LogP contribution in [0.15, 0.2) is 24.3 Å². The summed E-state index contributed by atoms with van der Waals surface area (Å²) in [6.45, 7) is 0.114. The van der Waals surface area contributed by atoms with Crippen LogP contribution in [0, 0.1) is 0 Å². The summed E-state index contributed by atoms with van der Waals surface area (Å²) in [4.78, 5) is 0. The van der Waals surface area contributed by atoms with Crippen molar-refractivity contribution in [2.75, 3.05) is 16.8 Å². The molecule has 1 unspecified atom stereocenters. The molecule has 2 rings (SSSR count). The van der Waals surface area contributed by atoms with Crippen LogP contribution in [0.3, 0.4) is 0 Å². The topological polar surface area (TPSA) is 32.3 Å². The highest BCUT2D eigenvalue weighted by Crippen LogP contribution is 2.23. The van der Waals surface area contributed by atoms with Gasteiger partial charge < -0.3 is 10.4 Å². The molecule has 0 spiro atoms. The van der Waals surface area contributed by atoms with E-state index in [0.29, 0.717) is 6.04 Å². The summed E-state index contributed by atoms with van der Waals surface area (Å²) < 4.78 is 0. The number of thioether (sulfide) groups is 1. The van der Waals surface area contributed by atoms with Gasteiger partial charge in [0.1, 0.15) is 0 Å². The van der Waals surface area contributed by atoms with Crippen LogP contribution in [-0.4, -0.2) is 22.7 Å². The Morgan fingerprint density at radius 1 is 1.43 bits per heavy atom. The largest absolute Gasteiger partial charge is 0.392 e. The third kappa shape index (κ3) is 2.22. The fourth-order valence-electron chi connectivity index (χ4n) is 1.67. The number of hydrogen-bond acceptors (Lipinski definition) is 3. The highest BCUT2D eigenvalue weighted by Gasteiger charge is 2.15. The zero-order chi connectivity index (χ0) is 9.80. The van der Waals surface area contributed by atoms with Crippen LogP contribution in [-0.2, 0) is 6.61 Å². The monoisotopic (exact) mass is 209 g/mol. The van der Waals surface area contributed by atoms with Crippen LogP contribution < -0.4 is 5.32 Å². The molecule has 1 saturated heterocycles. The van der Waals surface area contributed by atoms with Crippen molar-refractivity contribution in [1.29, 1.82) is 0 Å². The van der Waals surface area contributed by atoms with Gasteiger partial charge in [-0.2, -0.15) is 11.8 Å². The first-order valence-electron chi connectivity index (χ1n) is 4.93. The van der Waals surface area contributed by atoms with Gasteiger partial charge in [0.25, 0.3) is 0 Å². The SMILES string of the molecule is OCc1ccccc1NC1CCSC1. The smallest absolute Gasteiger partial charge is 0.0701 e. The van der Waals surface area contributed by atoms with Crippen LogP contribution in [0.25, 0.3) is 0 Å². The van der Waals surface area contributed by atoms with E-state index in [0.717, 1.165) is 11.3 Å². The quantitative estimate of drug-likeness (QED) is 0.799. The van der Waals surface area contributed by atoms with Gasteiger partial charge in [-0.3, -0.25) is 0 Å². The Bertz CT molecular complexity index is 297. The van der Waals surface area contributed by atoms with E-state index in [1.165, 1.54) is 17.9 Å². The summed E-state index contributed by atoms with van der Waals surface area (Å²) in [6, 6.07) is 8.54. The van der Waals surface area contributed by atoms with E-state index in [9.17, 15) is 0 Å². The molecular weight excluding hydrogens is 194 g/mol. The lowest BCUT2D eigenvalue weighted by Gasteiger charge is -2.15. The molecule has 1 aliphatic heterocycles. The van der Waals surface area contributed by atoms with Crippen molar-refractivity contribution < 1.29 is 5.11 Å². The average molecular weight is 209 g/mol. The summed E-state index contributed by atoms with van der Waals surface area (Å²) in [5, 5.41) is 12.6. The number of rotatable bonds is 3. The first-order chi connectivity index (χ1) is 6.90. The Hall–Kier alpha value is -0.670. The van der Waals surface area contributed by atoms with Gasteiger partial charge in [-0.15, -0.1) is 0 Å². The van der Waals surface area contributed by atoms with Crippen LogP contribution in [0.4, 0.5) is 5.69 Å². The summed E-state index contributed by atoms with van der Waals surface area (Å²) in [6.07, 6.45) is 1.23. The highest BCUT2D eigenvalue weighted by atomic mass is 32.2. The van der Waals surface area contributed by atoms with Crippen molar-refractivity contribution >= 4 is 17.4 Å². The van der Waals surface area contributed by atoms with E-state index in [1.807, 2.05) is 36.0 Å². The number of aliphatic hydroxyl groups excluding tert-OH is 1. The molecule has 0 radical (unpaired) electrons. The standard InChI is InChI=1S/C11H15NOS/c13-7-9-3-1-2-4-11(9)12-10-5-6-14-8-10/h1-4,10,12-13H,5-8H2. The molecule has 0 saturated carbocycles. The summed E-state index contributed by atoms with van der Waals surface area (Å²) >= 11 is 1.99. The molecule has 1 atom stereocenters. The molecule has 0 amide bonds. The Morgan fingerprint density at radius 2 is 2.29 bits per heavy atom. The summed E-state index contributed by atoms with van der Waals surface area (Å²) in [5.74, 6) is 2.43. The van der Waals surface area contributed by atoms with E-state index < -0.39 is 0 Å². The molecule has 1 heterocycles. The maximum absolute atomic E-state index is 9.15.